The third kappa shape index (κ3) is 5.50. The van der Waals surface area contributed by atoms with Gasteiger partial charge in [-0.25, -0.2) is 9.97 Å². The van der Waals surface area contributed by atoms with Gasteiger partial charge in [0, 0.05) is 33.5 Å². The molecule has 4 N–H and O–H groups in total. The number of anilines is 5. The summed E-state index contributed by atoms with van der Waals surface area (Å²) in [6, 6.07) is 24.6. The van der Waals surface area contributed by atoms with Crippen LogP contribution in [-0.4, -0.2) is 24.7 Å². The molecule has 0 aliphatic rings. The molecule has 36 heavy (non-hydrogen) atoms. The molecule has 3 aromatic carbocycles. The number of ether oxygens (including phenoxy) is 1. The smallest absolute Gasteiger partial charge is 0.248 e. The number of nitrogen functional groups attached to an aromatic ring is 1. The van der Waals surface area contributed by atoms with Crippen molar-refractivity contribution >= 4 is 63.3 Å². The monoisotopic (exact) mass is 610 g/mol. The highest BCUT2D eigenvalue weighted by Crippen LogP contribution is 2.35. The fraction of sp³-hybridized carbons (Fsp3) is 0.0400. The third-order valence-corrected chi connectivity index (χ3v) is 6.17. The fourth-order valence-electron chi connectivity index (χ4n) is 3.40. The Morgan fingerprint density at radius 3 is 2.56 bits per heavy atom. The summed E-state index contributed by atoms with van der Waals surface area (Å²) in [6.07, 6.45) is 1.44. The van der Waals surface area contributed by atoms with Crippen LogP contribution in [0.1, 0.15) is 5.56 Å². The van der Waals surface area contributed by atoms with Gasteiger partial charge in [-0.3, -0.25) is 0 Å². The first-order valence-electron chi connectivity index (χ1n) is 10.8. The molecule has 0 saturated heterocycles. The topological polar surface area (TPSA) is 116 Å². The molecule has 0 saturated carbocycles. The number of hydrogen-bond donors (Lipinski definition) is 3. The minimum atomic E-state index is 0.178. The molecule has 5 aromatic rings. The van der Waals surface area contributed by atoms with Crippen LogP contribution < -0.4 is 21.1 Å². The predicted molar refractivity (Wildman–Crippen MR) is 150 cm³/mol. The molecule has 180 valence electrons. The highest BCUT2D eigenvalue weighted by Gasteiger charge is 2.13. The van der Waals surface area contributed by atoms with E-state index in [4.69, 9.17) is 22.1 Å². The van der Waals surface area contributed by atoms with Gasteiger partial charge in [-0.15, -0.1) is 5.10 Å². The largest absolute Gasteiger partial charge is 0.455 e. The van der Waals surface area contributed by atoms with E-state index in [1.807, 2.05) is 72.8 Å². The van der Waals surface area contributed by atoms with Crippen LogP contribution in [0.3, 0.4) is 0 Å². The molecular formula is C25H20ClIN8O. The van der Waals surface area contributed by atoms with E-state index in [-0.39, 0.29) is 5.95 Å². The molecule has 0 bridgehead atoms. The molecule has 0 radical (unpaired) electrons. The highest BCUT2D eigenvalue weighted by molar-refractivity contribution is 14.1. The minimum Gasteiger partial charge on any atom is -0.455 e. The number of rotatable bonds is 8. The fourth-order valence-corrected chi connectivity index (χ4v) is 4.24. The molecule has 0 amide bonds. The summed E-state index contributed by atoms with van der Waals surface area (Å²) in [5, 5.41) is 11.4. The van der Waals surface area contributed by atoms with Crippen LogP contribution >= 0.6 is 34.2 Å². The van der Waals surface area contributed by atoms with Gasteiger partial charge in [-0.2, -0.15) is 9.67 Å². The van der Waals surface area contributed by atoms with E-state index in [9.17, 15) is 0 Å². The van der Waals surface area contributed by atoms with Gasteiger partial charge in [0.15, 0.2) is 5.82 Å². The van der Waals surface area contributed by atoms with Gasteiger partial charge < -0.3 is 21.1 Å². The van der Waals surface area contributed by atoms with Gasteiger partial charge in [0.1, 0.15) is 23.6 Å². The maximum Gasteiger partial charge on any atom is 0.248 e. The van der Waals surface area contributed by atoms with E-state index >= 15 is 0 Å². The third-order valence-electron chi connectivity index (χ3n) is 5.05. The lowest BCUT2D eigenvalue weighted by atomic mass is 10.2. The lowest BCUT2D eigenvalue weighted by Gasteiger charge is -2.12. The molecule has 11 heteroatoms. The van der Waals surface area contributed by atoms with Crippen LogP contribution in [0.2, 0.25) is 5.02 Å². The second kappa shape index (κ2) is 10.8. The number of benzene rings is 3. The summed E-state index contributed by atoms with van der Waals surface area (Å²) in [7, 11) is 0. The molecule has 5 rings (SSSR count). The lowest BCUT2D eigenvalue weighted by Crippen LogP contribution is -2.06. The van der Waals surface area contributed by atoms with Crippen LogP contribution in [0.15, 0.2) is 85.2 Å². The van der Waals surface area contributed by atoms with Gasteiger partial charge in [-0.1, -0.05) is 70.6 Å². The molecule has 0 aliphatic carbocycles. The summed E-state index contributed by atoms with van der Waals surface area (Å²) < 4.78 is 8.32. The number of para-hydroxylation sites is 2. The van der Waals surface area contributed by atoms with E-state index in [0.29, 0.717) is 34.1 Å². The number of nitrogens with zero attached hydrogens (tertiary/aromatic N) is 5. The summed E-state index contributed by atoms with van der Waals surface area (Å²) >= 11 is 8.65. The minimum absolute atomic E-state index is 0.178. The highest BCUT2D eigenvalue weighted by atomic mass is 127. The summed E-state index contributed by atoms with van der Waals surface area (Å²) in [5.41, 5.74) is 8.78. The van der Waals surface area contributed by atoms with Gasteiger partial charge in [0.05, 0.1) is 5.02 Å². The first kappa shape index (κ1) is 23.8. The van der Waals surface area contributed by atoms with E-state index in [2.05, 4.69) is 53.3 Å². The van der Waals surface area contributed by atoms with Crippen molar-refractivity contribution in [3.63, 3.8) is 0 Å². The molecule has 0 atom stereocenters. The number of hydrogen-bond acceptors (Lipinski definition) is 8. The lowest BCUT2D eigenvalue weighted by molar-refractivity contribution is 0.479. The van der Waals surface area contributed by atoms with Crippen molar-refractivity contribution in [3.05, 3.63) is 95.8 Å². The Kier molecular flexibility index (Phi) is 7.14. The van der Waals surface area contributed by atoms with Crippen LogP contribution in [0.4, 0.5) is 29.1 Å². The van der Waals surface area contributed by atoms with Gasteiger partial charge in [0.25, 0.3) is 0 Å². The average molecular weight is 611 g/mol. The first-order chi connectivity index (χ1) is 17.6. The quantitative estimate of drug-likeness (QED) is 0.135. The standard InChI is InChI=1S/C25H20ClIN8O/c26-20-11-4-6-16(14-27)23(20)36-19-10-5-9-18(12-19)32-25-33-24(28)35(34-25)22-13-21(29-15-30-22)31-17-7-2-1-3-8-17/h1-13,15H,14H2,(H,29,30,31)(H3,28,32,33,34). The maximum atomic E-state index is 6.37. The number of halogens is 2. The molecule has 2 aromatic heterocycles. The Morgan fingerprint density at radius 2 is 1.72 bits per heavy atom. The van der Waals surface area contributed by atoms with Crippen molar-refractivity contribution in [1.82, 2.24) is 24.7 Å². The van der Waals surface area contributed by atoms with Gasteiger partial charge in [-0.05, 0) is 30.3 Å². The number of alkyl halides is 1. The molecule has 0 aliphatic heterocycles. The first-order valence-corrected chi connectivity index (χ1v) is 12.7. The number of nitrogens with one attached hydrogen (secondary N) is 2. The van der Waals surface area contributed by atoms with E-state index in [1.54, 1.807) is 6.07 Å². The van der Waals surface area contributed by atoms with Crippen molar-refractivity contribution in [1.29, 1.82) is 0 Å². The molecule has 0 unspecified atom stereocenters. The Balaban J connectivity index is 1.34. The average Bonchev–Trinajstić information content (AvgIpc) is 3.26. The molecule has 0 spiro atoms. The Bertz CT molecular complexity index is 1490. The number of aromatic nitrogens is 5. The normalized spacial score (nSPS) is 10.7. The Morgan fingerprint density at radius 1 is 0.917 bits per heavy atom. The molecular weight excluding hydrogens is 591 g/mol. The maximum absolute atomic E-state index is 6.37. The van der Waals surface area contributed by atoms with Crippen LogP contribution in [0.25, 0.3) is 5.82 Å². The Hall–Kier alpha value is -3.90. The van der Waals surface area contributed by atoms with E-state index in [1.165, 1.54) is 11.0 Å². The van der Waals surface area contributed by atoms with Crippen LogP contribution in [0.5, 0.6) is 11.5 Å². The van der Waals surface area contributed by atoms with Crippen molar-refractivity contribution < 1.29 is 4.74 Å². The van der Waals surface area contributed by atoms with E-state index in [0.717, 1.165) is 21.4 Å². The zero-order valence-corrected chi connectivity index (χ0v) is 21.7. The summed E-state index contributed by atoms with van der Waals surface area (Å²) in [5.74, 6) is 2.83. The second-order valence-corrected chi connectivity index (χ2v) is 8.74. The predicted octanol–water partition coefficient (Wildman–Crippen LogP) is 6.51. The van der Waals surface area contributed by atoms with Crippen LogP contribution in [-0.2, 0) is 4.43 Å². The summed E-state index contributed by atoms with van der Waals surface area (Å²) in [4.78, 5) is 12.9. The molecule has 2 heterocycles. The zero-order valence-electron chi connectivity index (χ0n) is 18.8. The molecule has 9 nitrogen and oxygen atoms in total. The van der Waals surface area contributed by atoms with E-state index < -0.39 is 0 Å². The SMILES string of the molecule is Nc1nc(Nc2cccc(Oc3c(Cl)cccc3CI)c2)nn1-c1cc(Nc2ccccc2)ncn1. The summed E-state index contributed by atoms with van der Waals surface area (Å²) in [6.45, 7) is 0. The van der Waals surface area contributed by atoms with Crippen molar-refractivity contribution in [2.24, 2.45) is 0 Å². The molecule has 0 fully saturated rings. The van der Waals surface area contributed by atoms with Crippen molar-refractivity contribution in [2.45, 2.75) is 4.43 Å². The van der Waals surface area contributed by atoms with Crippen LogP contribution in [0, 0.1) is 0 Å². The van der Waals surface area contributed by atoms with Gasteiger partial charge >= 0.3 is 0 Å². The van der Waals surface area contributed by atoms with Gasteiger partial charge in [0.2, 0.25) is 11.9 Å². The van der Waals surface area contributed by atoms with Crippen molar-refractivity contribution in [2.75, 3.05) is 16.4 Å². The zero-order chi connectivity index (χ0) is 24.9. The second-order valence-electron chi connectivity index (χ2n) is 7.57. The van der Waals surface area contributed by atoms with Crippen molar-refractivity contribution in [3.8, 4) is 17.3 Å². The number of nitrogens with two attached hydrogens (primary N) is 1. The Labute approximate surface area is 225 Å².